The van der Waals surface area contributed by atoms with Crippen LogP contribution in [0.2, 0.25) is 5.02 Å². The standard InChI is InChI=1S/C22H25ClN6O4/c1-2-33-21(31)16-12-24-22(32)26-17(16)14-27-8-10-28(11-9-27)18-13-25-29(20(30)19(18)23)15-6-4-3-5-7-15/h3-7,13H,2,8-12,14H2,1H3,(H2,24,26,32). The van der Waals surface area contributed by atoms with E-state index in [-0.39, 0.29) is 29.8 Å². The van der Waals surface area contributed by atoms with Crippen LogP contribution >= 0.6 is 11.6 Å². The molecule has 1 fully saturated rings. The number of anilines is 1. The van der Waals surface area contributed by atoms with Crippen molar-refractivity contribution in [1.29, 1.82) is 0 Å². The molecule has 33 heavy (non-hydrogen) atoms. The SMILES string of the molecule is CCOC(=O)C1=C(CN2CCN(c3cnn(-c4ccccc4)c(=O)c3Cl)CC2)NC(=O)NC1. The fraction of sp³-hybridized carbons (Fsp3) is 0.364. The fourth-order valence-electron chi connectivity index (χ4n) is 3.85. The number of urea groups is 1. The number of carbonyl (C=O) groups is 2. The molecule has 0 spiro atoms. The van der Waals surface area contributed by atoms with Crippen LogP contribution < -0.4 is 21.1 Å². The molecule has 2 aliphatic heterocycles. The summed E-state index contributed by atoms with van der Waals surface area (Å²) in [5.74, 6) is -0.435. The topological polar surface area (TPSA) is 109 Å². The molecule has 3 heterocycles. The molecule has 1 aromatic heterocycles. The van der Waals surface area contributed by atoms with E-state index in [0.29, 0.717) is 55.4 Å². The first-order chi connectivity index (χ1) is 16.0. The van der Waals surface area contributed by atoms with Crippen molar-refractivity contribution in [3.8, 4) is 5.69 Å². The first kappa shape index (κ1) is 22.8. The summed E-state index contributed by atoms with van der Waals surface area (Å²) in [6.07, 6.45) is 1.61. The van der Waals surface area contributed by atoms with Gasteiger partial charge in [-0.25, -0.2) is 9.59 Å². The van der Waals surface area contributed by atoms with E-state index >= 15 is 0 Å². The molecule has 0 bridgehead atoms. The van der Waals surface area contributed by atoms with Crippen molar-refractivity contribution < 1.29 is 14.3 Å². The minimum absolute atomic E-state index is 0.125. The van der Waals surface area contributed by atoms with Crippen LogP contribution in [-0.4, -0.2) is 72.6 Å². The van der Waals surface area contributed by atoms with Crippen LogP contribution in [0.5, 0.6) is 0 Å². The van der Waals surface area contributed by atoms with Crippen molar-refractivity contribution in [1.82, 2.24) is 25.3 Å². The van der Waals surface area contributed by atoms with E-state index in [1.165, 1.54) is 4.68 Å². The molecule has 0 unspecified atom stereocenters. The first-order valence-corrected chi connectivity index (χ1v) is 11.1. The highest BCUT2D eigenvalue weighted by Gasteiger charge is 2.27. The van der Waals surface area contributed by atoms with Gasteiger partial charge in [-0.1, -0.05) is 29.8 Å². The molecule has 1 aromatic carbocycles. The highest BCUT2D eigenvalue weighted by Crippen LogP contribution is 2.23. The Morgan fingerprint density at radius 2 is 1.88 bits per heavy atom. The summed E-state index contributed by atoms with van der Waals surface area (Å²) in [6, 6.07) is 8.78. The van der Waals surface area contributed by atoms with Crippen molar-refractivity contribution in [2.75, 3.05) is 50.8 Å². The van der Waals surface area contributed by atoms with Crippen LogP contribution in [0.1, 0.15) is 6.92 Å². The van der Waals surface area contributed by atoms with Crippen LogP contribution in [0.25, 0.3) is 5.69 Å². The lowest BCUT2D eigenvalue weighted by atomic mass is 10.1. The second kappa shape index (κ2) is 10.1. The maximum atomic E-state index is 12.8. The molecule has 2 aromatic rings. The Labute approximate surface area is 195 Å². The Kier molecular flexibility index (Phi) is 6.95. The Bertz CT molecular complexity index is 1130. The van der Waals surface area contributed by atoms with Crippen LogP contribution in [0.3, 0.4) is 0 Å². The van der Waals surface area contributed by atoms with E-state index in [1.54, 1.807) is 25.3 Å². The zero-order valence-corrected chi connectivity index (χ0v) is 19.0. The smallest absolute Gasteiger partial charge is 0.337 e. The Morgan fingerprint density at radius 3 is 2.58 bits per heavy atom. The van der Waals surface area contributed by atoms with Gasteiger partial charge in [0.15, 0.2) is 0 Å². The van der Waals surface area contributed by atoms with Gasteiger partial charge in [-0.2, -0.15) is 9.78 Å². The summed E-state index contributed by atoms with van der Waals surface area (Å²) < 4.78 is 6.39. The van der Waals surface area contributed by atoms with Gasteiger partial charge in [0, 0.05) is 38.4 Å². The number of piperazine rings is 1. The van der Waals surface area contributed by atoms with Gasteiger partial charge in [-0.15, -0.1) is 0 Å². The number of hydrogen-bond acceptors (Lipinski definition) is 7. The van der Waals surface area contributed by atoms with Crippen LogP contribution in [-0.2, 0) is 9.53 Å². The number of halogens is 1. The number of para-hydroxylation sites is 1. The Morgan fingerprint density at radius 1 is 1.15 bits per heavy atom. The molecule has 10 nitrogen and oxygen atoms in total. The summed E-state index contributed by atoms with van der Waals surface area (Å²) in [5.41, 5.74) is 1.85. The molecule has 0 atom stereocenters. The molecule has 11 heteroatoms. The number of ether oxygens (including phenoxy) is 1. The summed E-state index contributed by atoms with van der Waals surface area (Å²) >= 11 is 6.43. The Balaban J connectivity index is 1.45. The minimum Gasteiger partial charge on any atom is -0.463 e. The number of esters is 1. The predicted molar refractivity (Wildman–Crippen MR) is 124 cm³/mol. The molecule has 0 aliphatic carbocycles. The summed E-state index contributed by atoms with van der Waals surface area (Å²) in [6.45, 7) is 5.09. The van der Waals surface area contributed by atoms with Crippen molar-refractivity contribution in [3.05, 3.63) is 63.2 Å². The molecular weight excluding hydrogens is 448 g/mol. The molecular formula is C22H25ClN6O4. The highest BCUT2D eigenvalue weighted by molar-refractivity contribution is 6.33. The third kappa shape index (κ3) is 5.01. The largest absolute Gasteiger partial charge is 0.463 e. The molecule has 1 saturated heterocycles. The third-order valence-corrected chi connectivity index (χ3v) is 5.93. The second-order valence-corrected chi connectivity index (χ2v) is 8.02. The minimum atomic E-state index is -0.435. The summed E-state index contributed by atoms with van der Waals surface area (Å²) in [7, 11) is 0. The quantitative estimate of drug-likeness (QED) is 0.607. The number of carbonyl (C=O) groups excluding carboxylic acids is 2. The van der Waals surface area contributed by atoms with Gasteiger partial charge in [0.25, 0.3) is 5.56 Å². The monoisotopic (exact) mass is 472 g/mol. The number of nitrogens with one attached hydrogen (secondary N) is 2. The fourth-order valence-corrected chi connectivity index (χ4v) is 4.10. The summed E-state index contributed by atoms with van der Waals surface area (Å²) in [4.78, 5) is 41.0. The average molecular weight is 473 g/mol. The molecule has 2 amide bonds. The molecule has 0 radical (unpaired) electrons. The van der Waals surface area contributed by atoms with Crippen LogP contribution in [0, 0.1) is 0 Å². The lowest BCUT2D eigenvalue weighted by Crippen LogP contribution is -2.51. The highest BCUT2D eigenvalue weighted by atomic mass is 35.5. The zero-order chi connectivity index (χ0) is 23.4. The number of nitrogens with zero attached hydrogens (tertiary/aromatic N) is 4. The summed E-state index contributed by atoms with van der Waals surface area (Å²) in [5, 5.41) is 9.77. The number of hydrogen-bond donors (Lipinski definition) is 2. The number of rotatable bonds is 6. The molecule has 2 N–H and O–H groups in total. The lowest BCUT2D eigenvalue weighted by molar-refractivity contribution is -0.138. The van der Waals surface area contributed by atoms with Crippen LogP contribution in [0.15, 0.2) is 52.6 Å². The van der Waals surface area contributed by atoms with Crippen molar-refractivity contribution >= 4 is 29.3 Å². The van der Waals surface area contributed by atoms with Gasteiger partial charge in [0.1, 0.15) is 5.02 Å². The molecule has 4 rings (SSSR count). The van der Waals surface area contributed by atoms with E-state index in [1.807, 2.05) is 23.1 Å². The molecule has 2 aliphatic rings. The van der Waals surface area contributed by atoms with Crippen molar-refractivity contribution in [3.63, 3.8) is 0 Å². The van der Waals surface area contributed by atoms with Crippen LogP contribution in [0.4, 0.5) is 10.5 Å². The maximum Gasteiger partial charge on any atom is 0.337 e. The van der Waals surface area contributed by atoms with Gasteiger partial charge in [0.2, 0.25) is 0 Å². The number of aromatic nitrogens is 2. The van der Waals surface area contributed by atoms with Gasteiger partial charge in [-0.05, 0) is 19.1 Å². The van der Waals surface area contributed by atoms with Gasteiger partial charge < -0.3 is 20.3 Å². The van der Waals surface area contributed by atoms with Gasteiger partial charge in [0.05, 0.1) is 36.3 Å². The first-order valence-electron chi connectivity index (χ1n) is 10.7. The average Bonchev–Trinajstić information content (AvgIpc) is 2.82. The normalized spacial score (nSPS) is 16.9. The maximum absolute atomic E-state index is 12.8. The Hall–Kier alpha value is -3.37. The van der Waals surface area contributed by atoms with E-state index < -0.39 is 5.97 Å². The number of amides is 2. The molecule has 174 valence electrons. The van der Waals surface area contributed by atoms with Crippen molar-refractivity contribution in [2.24, 2.45) is 0 Å². The van der Waals surface area contributed by atoms with E-state index in [0.717, 1.165) is 0 Å². The third-order valence-electron chi connectivity index (χ3n) is 5.57. The van der Waals surface area contributed by atoms with E-state index in [4.69, 9.17) is 16.3 Å². The lowest BCUT2D eigenvalue weighted by Gasteiger charge is -2.37. The van der Waals surface area contributed by atoms with Crippen molar-refractivity contribution in [2.45, 2.75) is 6.92 Å². The second-order valence-electron chi connectivity index (χ2n) is 7.64. The van der Waals surface area contributed by atoms with Gasteiger partial charge in [-0.3, -0.25) is 9.69 Å². The van der Waals surface area contributed by atoms with Gasteiger partial charge >= 0.3 is 12.0 Å². The molecule has 0 saturated carbocycles. The van der Waals surface area contributed by atoms with E-state index in [9.17, 15) is 14.4 Å². The predicted octanol–water partition coefficient (Wildman–Crippen LogP) is 1.14. The zero-order valence-electron chi connectivity index (χ0n) is 18.2. The van der Waals surface area contributed by atoms with E-state index in [2.05, 4.69) is 20.6 Å². The number of benzene rings is 1.